The average molecular weight is 605 g/mol. The second kappa shape index (κ2) is 10.2. The third-order valence-electron chi connectivity index (χ3n) is 9.24. The number of furan rings is 1. The van der Waals surface area contributed by atoms with Gasteiger partial charge in [0.05, 0.1) is 11.0 Å². The van der Waals surface area contributed by atoms with Crippen molar-refractivity contribution in [2.24, 2.45) is 0 Å². The molecule has 0 amide bonds. The normalized spacial score (nSPS) is 14.2. The van der Waals surface area contributed by atoms with E-state index in [1.54, 1.807) is 6.07 Å². The highest BCUT2D eigenvalue weighted by atomic mass is 16.3. The lowest BCUT2D eigenvalue weighted by molar-refractivity contribution is 0.669. The summed E-state index contributed by atoms with van der Waals surface area (Å²) in [6, 6.07) is 36.1. The maximum Gasteiger partial charge on any atom is 0.136 e. The Balaban J connectivity index is 1.47. The van der Waals surface area contributed by atoms with E-state index in [0.29, 0.717) is 38.8 Å². The molecule has 1 nitrogen and oxygen atoms in total. The van der Waals surface area contributed by atoms with Crippen molar-refractivity contribution in [1.82, 2.24) is 0 Å². The van der Waals surface area contributed by atoms with Gasteiger partial charge in [0.1, 0.15) is 11.2 Å². The predicted octanol–water partition coefficient (Wildman–Crippen LogP) is 13.2. The van der Waals surface area contributed by atoms with Crippen molar-refractivity contribution in [3.8, 4) is 33.4 Å². The predicted molar refractivity (Wildman–Crippen MR) is 200 cm³/mol. The molecule has 9 aromatic carbocycles. The fourth-order valence-corrected chi connectivity index (χ4v) is 7.21. The highest BCUT2D eigenvalue weighted by molar-refractivity contribution is 6.26. The Morgan fingerprint density at radius 2 is 1.00 bits per heavy atom. The average Bonchev–Trinajstić information content (AvgIpc) is 3.59. The highest BCUT2D eigenvalue weighted by Crippen LogP contribution is 2.48. The summed E-state index contributed by atoms with van der Waals surface area (Å²) in [6.07, 6.45) is 0. The molecule has 1 heteroatoms. The summed E-state index contributed by atoms with van der Waals surface area (Å²) >= 11 is 0. The first-order chi connectivity index (χ1) is 26.6. The number of hydrogen-bond acceptors (Lipinski definition) is 1. The molecule has 10 rings (SSSR count). The van der Waals surface area contributed by atoms with Crippen LogP contribution in [-0.2, 0) is 0 Å². The highest BCUT2D eigenvalue weighted by Gasteiger charge is 2.21. The molecule has 1 heterocycles. The van der Waals surface area contributed by atoms with Crippen molar-refractivity contribution in [2.75, 3.05) is 0 Å². The first-order valence-corrected chi connectivity index (χ1v) is 15.5. The van der Waals surface area contributed by atoms with Gasteiger partial charge >= 0.3 is 0 Å². The molecule has 0 atom stereocenters. The lowest BCUT2D eigenvalue weighted by atomic mass is 9.83. The van der Waals surface area contributed by atoms with E-state index in [0.717, 1.165) is 38.1 Å². The van der Waals surface area contributed by atoms with Crippen LogP contribution >= 0.6 is 0 Å². The molecule has 0 aliphatic carbocycles. The van der Waals surface area contributed by atoms with Crippen molar-refractivity contribution < 1.29 is 15.4 Å². The fourth-order valence-electron chi connectivity index (χ4n) is 7.21. The van der Waals surface area contributed by atoms with E-state index in [1.165, 1.54) is 0 Å². The van der Waals surface area contributed by atoms with Gasteiger partial charge in [-0.1, -0.05) is 139 Å². The molecular formula is C46H28O. The van der Waals surface area contributed by atoms with Crippen molar-refractivity contribution in [1.29, 1.82) is 0 Å². The summed E-state index contributed by atoms with van der Waals surface area (Å²) < 4.78 is 80.2. The van der Waals surface area contributed by atoms with Crippen LogP contribution in [0.15, 0.2) is 174 Å². The van der Waals surface area contributed by atoms with Gasteiger partial charge in [0.2, 0.25) is 0 Å². The molecule has 1 aromatic heterocycles. The zero-order valence-corrected chi connectivity index (χ0v) is 25.0. The second-order valence-electron chi connectivity index (χ2n) is 11.8. The van der Waals surface area contributed by atoms with Crippen LogP contribution in [0.5, 0.6) is 0 Å². The lowest BCUT2D eigenvalue weighted by Gasteiger charge is -2.19. The smallest absolute Gasteiger partial charge is 0.136 e. The van der Waals surface area contributed by atoms with Crippen LogP contribution in [0.4, 0.5) is 0 Å². The number of fused-ring (bicyclic) bond motifs is 7. The molecule has 47 heavy (non-hydrogen) atoms. The van der Waals surface area contributed by atoms with E-state index in [-0.39, 0.29) is 45.7 Å². The molecule has 0 N–H and O–H groups in total. The Morgan fingerprint density at radius 3 is 1.72 bits per heavy atom. The lowest BCUT2D eigenvalue weighted by Crippen LogP contribution is -1.92. The minimum absolute atomic E-state index is 0.163. The number of benzene rings is 9. The van der Waals surface area contributed by atoms with Crippen LogP contribution < -0.4 is 0 Å². The molecule has 0 unspecified atom stereocenters. The largest absolute Gasteiger partial charge is 0.456 e. The summed E-state index contributed by atoms with van der Waals surface area (Å²) in [7, 11) is 0. The molecule has 0 aliphatic rings. The SMILES string of the molecule is [2H]c1c([2H])c([2H])c2c(-c3cccc4oc5cc6ccccc6cc5c34)c3c([2H])c([2H])c([2H])c([2H])c3c(-c3cc(-c4ccccc4)c4ccccc4c3)c2c1[2H]. The van der Waals surface area contributed by atoms with E-state index in [1.807, 2.05) is 115 Å². The van der Waals surface area contributed by atoms with Gasteiger partial charge in [-0.2, -0.15) is 0 Å². The van der Waals surface area contributed by atoms with E-state index < -0.39 is 24.2 Å². The zero-order valence-electron chi connectivity index (χ0n) is 33.0. The summed E-state index contributed by atoms with van der Waals surface area (Å²) in [5.41, 5.74) is 4.67. The van der Waals surface area contributed by atoms with E-state index in [9.17, 15) is 5.48 Å². The molecule has 218 valence electrons. The van der Waals surface area contributed by atoms with Crippen molar-refractivity contribution in [3.63, 3.8) is 0 Å². The third-order valence-corrected chi connectivity index (χ3v) is 9.24. The molecular weight excluding hydrogens is 569 g/mol. The quantitative estimate of drug-likeness (QED) is 0.183. The fraction of sp³-hybridized carbons (Fsp3) is 0. The van der Waals surface area contributed by atoms with Gasteiger partial charge in [0, 0.05) is 10.8 Å². The van der Waals surface area contributed by atoms with Gasteiger partial charge in [-0.15, -0.1) is 0 Å². The molecule has 0 saturated heterocycles. The summed E-state index contributed by atoms with van der Waals surface area (Å²) in [5.74, 6) is 0. The van der Waals surface area contributed by atoms with Crippen molar-refractivity contribution >= 4 is 65.0 Å². The first-order valence-electron chi connectivity index (χ1n) is 19.5. The van der Waals surface area contributed by atoms with E-state index in [4.69, 9.17) is 9.90 Å². The molecule has 10 aromatic rings. The van der Waals surface area contributed by atoms with Crippen molar-refractivity contribution in [3.05, 3.63) is 170 Å². The molecule has 0 fully saturated rings. The second-order valence-corrected chi connectivity index (χ2v) is 11.8. The summed E-state index contributed by atoms with van der Waals surface area (Å²) in [6.45, 7) is 0. The van der Waals surface area contributed by atoms with Crippen LogP contribution in [0, 0.1) is 0 Å². The van der Waals surface area contributed by atoms with Crippen LogP contribution in [0.2, 0.25) is 0 Å². The topological polar surface area (TPSA) is 13.1 Å². The molecule has 0 radical (unpaired) electrons. The Kier molecular flexibility index (Phi) is 4.19. The van der Waals surface area contributed by atoms with E-state index in [2.05, 4.69) is 0 Å². The van der Waals surface area contributed by atoms with Crippen LogP contribution in [0.25, 0.3) is 98.4 Å². The van der Waals surface area contributed by atoms with Gasteiger partial charge in [-0.25, -0.2) is 0 Å². The number of rotatable bonds is 3. The maximum atomic E-state index is 9.51. The molecule has 0 spiro atoms. The maximum absolute atomic E-state index is 9.51. The van der Waals surface area contributed by atoms with Crippen LogP contribution in [-0.4, -0.2) is 0 Å². The van der Waals surface area contributed by atoms with Gasteiger partial charge < -0.3 is 4.42 Å². The zero-order chi connectivity index (χ0) is 37.9. The monoisotopic (exact) mass is 604 g/mol. The van der Waals surface area contributed by atoms with E-state index >= 15 is 0 Å². The Morgan fingerprint density at radius 1 is 0.383 bits per heavy atom. The third kappa shape index (κ3) is 3.97. The Hall–Kier alpha value is -6.18. The standard InChI is InChI=1S/C46H28O/c1-2-13-29(14-3-1)40-27-33(25-32-17-6-7-18-34(32)40)44-35-19-8-10-21-37(35)45(38-22-11-9-20-36(38)44)39-23-12-24-42-46(39)41-26-30-15-4-5-16-31(30)28-43(41)47-42/h1-28H/i8D,9D,10D,11D,19D,20D,21D,22D. The minimum Gasteiger partial charge on any atom is -0.456 e. The van der Waals surface area contributed by atoms with Crippen LogP contribution in [0.3, 0.4) is 0 Å². The van der Waals surface area contributed by atoms with Crippen molar-refractivity contribution in [2.45, 2.75) is 0 Å². The van der Waals surface area contributed by atoms with Crippen LogP contribution in [0.1, 0.15) is 11.0 Å². The molecule has 0 aliphatic heterocycles. The summed E-state index contributed by atoms with van der Waals surface area (Å²) in [5, 5.41) is 5.92. The summed E-state index contributed by atoms with van der Waals surface area (Å²) in [4.78, 5) is 0. The Bertz CT molecular complexity index is 3220. The first kappa shape index (κ1) is 19.4. The van der Waals surface area contributed by atoms with Gasteiger partial charge in [0.15, 0.2) is 0 Å². The number of hydrogen-bond donors (Lipinski definition) is 0. The van der Waals surface area contributed by atoms with Gasteiger partial charge in [-0.05, 0) is 107 Å². The molecule has 0 bridgehead atoms. The van der Waals surface area contributed by atoms with Gasteiger partial charge in [-0.3, -0.25) is 0 Å². The molecule has 0 saturated carbocycles. The minimum atomic E-state index is -0.441. The van der Waals surface area contributed by atoms with Gasteiger partial charge in [0.25, 0.3) is 0 Å². The Labute approximate surface area is 283 Å².